The van der Waals surface area contributed by atoms with Crippen LogP contribution in [-0.2, 0) is 15.9 Å². The van der Waals surface area contributed by atoms with Crippen molar-refractivity contribution >= 4 is 11.3 Å². The van der Waals surface area contributed by atoms with Crippen LogP contribution in [0.3, 0.4) is 0 Å². The van der Waals surface area contributed by atoms with Crippen LogP contribution in [0.1, 0.15) is 23.4 Å². The predicted molar refractivity (Wildman–Crippen MR) is 55.5 cm³/mol. The van der Waals surface area contributed by atoms with Crippen molar-refractivity contribution in [1.29, 1.82) is 0 Å². The third-order valence-corrected chi connectivity index (χ3v) is 3.36. The molecule has 1 aromatic rings. The minimum Gasteiger partial charge on any atom is -0.353 e. The van der Waals surface area contributed by atoms with Crippen LogP contribution >= 0.6 is 11.3 Å². The minimum atomic E-state index is 0.0447. The van der Waals surface area contributed by atoms with Crippen LogP contribution in [-0.4, -0.2) is 24.5 Å². The van der Waals surface area contributed by atoms with E-state index in [0.717, 1.165) is 38.2 Å². The highest BCUT2D eigenvalue weighted by Gasteiger charge is 2.15. The van der Waals surface area contributed by atoms with Crippen molar-refractivity contribution in [3.63, 3.8) is 0 Å². The summed E-state index contributed by atoms with van der Waals surface area (Å²) < 4.78 is 11.0. The molecular weight excluding hydrogens is 198 g/mol. The summed E-state index contributed by atoms with van der Waals surface area (Å²) in [5.41, 5.74) is 3.02. The Morgan fingerprint density at radius 3 is 3.29 bits per heavy atom. The van der Waals surface area contributed by atoms with Crippen molar-refractivity contribution in [2.75, 3.05) is 13.2 Å². The van der Waals surface area contributed by atoms with E-state index in [1.807, 2.05) is 12.4 Å². The summed E-state index contributed by atoms with van der Waals surface area (Å²) in [7, 11) is 0. The molecule has 0 amide bonds. The van der Waals surface area contributed by atoms with E-state index in [0.29, 0.717) is 0 Å². The normalized spacial score (nSPS) is 21.6. The van der Waals surface area contributed by atoms with Crippen LogP contribution in [0.2, 0.25) is 0 Å². The molecule has 4 heteroatoms. The number of nitrogens with zero attached hydrogens (tertiary/aromatic N) is 1. The fraction of sp³-hybridized carbons (Fsp3) is 0.700. The Morgan fingerprint density at radius 2 is 2.64 bits per heavy atom. The highest BCUT2D eigenvalue weighted by Crippen LogP contribution is 2.16. The fourth-order valence-electron chi connectivity index (χ4n) is 1.53. The Kier molecular flexibility index (Phi) is 3.50. The van der Waals surface area contributed by atoms with E-state index in [9.17, 15) is 0 Å². The summed E-state index contributed by atoms with van der Waals surface area (Å²) >= 11 is 1.70. The van der Waals surface area contributed by atoms with Gasteiger partial charge in [0.25, 0.3) is 0 Å². The zero-order valence-electron chi connectivity index (χ0n) is 8.36. The Morgan fingerprint density at radius 1 is 1.71 bits per heavy atom. The van der Waals surface area contributed by atoms with Gasteiger partial charge in [-0.25, -0.2) is 4.98 Å². The highest BCUT2D eigenvalue weighted by atomic mass is 32.1. The van der Waals surface area contributed by atoms with Gasteiger partial charge >= 0.3 is 0 Å². The van der Waals surface area contributed by atoms with Crippen LogP contribution in [0, 0.1) is 6.92 Å². The van der Waals surface area contributed by atoms with Gasteiger partial charge in [-0.3, -0.25) is 0 Å². The third kappa shape index (κ3) is 2.53. The van der Waals surface area contributed by atoms with Gasteiger partial charge in [0, 0.05) is 24.3 Å². The average Bonchev–Trinajstić information content (AvgIpc) is 2.78. The Bertz CT molecular complexity index is 281. The van der Waals surface area contributed by atoms with Crippen molar-refractivity contribution in [3.05, 3.63) is 16.1 Å². The largest absolute Gasteiger partial charge is 0.353 e. The smallest absolute Gasteiger partial charge is 0.157 e. The maximum Gasteiger partial charge on any atom is 0.157 e. The molecule has 1 atom stereocenters. The monoisotopic (exact) mass is 213 g/mol. The molecule has 0 N–H and O–H groups in total. The number of hydrogen-bond donors (Lipinski definition) is 0. The quantitative estimate of drug-likeness (QED) is 0.768. The molecule has 0 unspecified atom stereocenters. The number of aromatic nitrogens is 1. The highest BCUT2D eigenvalue weighted by molar-refractivity contribution is 7.09. The number of hydrogen-bond acceptors (Lipinski definition) is 4. The number of thiazole rings is 1. The second-order valence-electron chi connectivity index (χ2n) is 3.42. The fourth-order valence-corrected chi connectivity index (χ4v) is 2.29. The van der Waals surface area contributed by atoms with Crippen LogP contribution in [0.25, 0.3) is 0 Å². The zero-order chi connectivity index (χ0) is 9.80. The van der Waals surface area contributed by atoms with Crippen molar-refractivity contribution in [2.45, 2.75) is 32.5 Å². The maximum absolute atomic E-state index is 5.59. The summed E-state index contributed by atoms with van der Waals surface area (Å²) in [6.07, 6.45) is 3.17. The van der Waals surface area contributed by atoms with Gasteiger partial charge < -0.3 is 9.47 Å². The molecule has 2 rings (SSSR count). The van der Waals surface area contributed by atoms with Crippen LogP contribution in [0.4, 0.5) is 0 Å². The standard InChI is InChI=1S/C10H15NO2S/c1-8-9(14-7-11-8)4-6-13-10-3-2-5-12-10/h7,10H,2-6H2,1H3/t10-/m0/s1. The SMILES string of the molecule is Cc1ncsc1CCO[C@H]1CCCO1. The van der Waals surface area contributed by atoms with E-state index in [-0.39, 0.29) is 6.29 Å². The maximum atomic E-state index is 5.59. The van der Waals surface area contributed by atoms with Crippen molar-refractivity contribution < 1.29 is 9.47 Å². The lowest BCUT2D eigenvalue weighted by Gasteiger charge is -2.09. The third-order valence-electron chi connectivity index (χ3n) is 2.37. The Balaban J connectivity index is 1.70. The number of aryl methyl sites for hydroxylation is 1. The summed E-state index contributed by atoms with van der Waals surface area (Å²) in [6.45, 7) is 3.63. The van der Waals surface area contributed by atoms with E-state index < -0.39 is 0 Å². The van der Waals surface area contributed by atoms with Crippen LogP contribution in [0.5, 0.6) is 0 Å². The minimum absolute atomic E-state index is 0.0447. The van der Waals surface area contributed by atoms with Gasteiger partial charge in [0.2, 0.25) is 0 Å². The average molecular weight is 213 g/mol. The molecule has 78 valence electrons. The molecule has 2 heterocycles. The van der Waals surface area contributed by atoms with Gasteiger partial charge in [-0.1, -0.05) is 0 Å². The van der Waals surface area contributed by atoms with Crippen molar-refractivity contribution in [3.8, 4) is 0 Å². The molecule has 0 aromatic carbocycles. The summed E-state index contributed by atoms with van der Waals surface area (Å²) in [6, 6.07) is 0. The first-order valence-electron chi connectivity index (χ1n) is 4.98. The molecule has 1 saturated heterocycles. The lowest BCUT2D eigenvalue weighted by atomic mass is 10.3. The summed E-state index contributed by atoms with van der Waals surface area (Å²) in [4.78, 5) is 5.52. The summed E-state index contributed by atoms with van der Waals surface area (Å²) in [5, 5.41) is 0. The summed E-state index contributed by atoms with van der Waals surface area (Å²) in [5.74, 6) is 0. The molecule has 3 nitrogen and oxygen atoms in total. The first kappa shape index (κ1) is 10.1. The van der Waals surface area contributed by atoms with Gasteiger partial charge in [0.05, 0.1) is 17.8 Å². The van der Waals surface area contributed by atoms with E-state index in [1.165, 1.54) is 4.88 Å². The van der Waals surface area contributed by atoms with E-state index >= 15 is 0 Å². The van der Waals surface area contributed by atoms with Crippen LogP contribution < -0.4 is 0 Å². The van der Waals surface area contributed by atoms with E-state index in [1.54, 1.807) is 11.3 Å². The molecule has 0 radical (unpaired) electrons. The second-order valence-corrected chi connectivity index (χ2v) is 4.36. The van der Waals surface area contributed by atoms with Gasteiger partial charge in [-0.2, -0.15) is 0 Å². The molecule has 1 aliphatic rings. The van der Waals surface area contributed by atoms with Crippen molar-refractivity contribution in [1.82, 2.24) is 4.98 Å². The molecule has 1 fully saturated rings. The van der Waals surface area contributed by atoms with Crippen LogP contribution in [0.15, 0.2) is 5.51 Å². The van der Waals surface area contributed by atoms with Gasteiger partial charge in [-0.05, 0) is 13.3 Å². The molecule has 0 saturated carbocycles. The van der Waals surface area contributed by atoms with Crippen molar-refractivity contribution in [2.24, 2.45) is 0 Å². The van der Waals surface area contributed by atoms with E-state index in [4.69, 9.17) is 9.47 Å². The lowest BCUT2D eigenvalue weighted by Crippen LogP contribution is -2.12. The second kappa shape index (κ2) is 4.87. The number of ether oxygens (including phenoxy) is 2. The van der Waals surface area contributed by atoms with Gasteiger partial charge in [0.15, 0.2) is 6.29 Å². The Hall–Kier alpha value is -0.450. The lowest BCUT2D eigenvalue weighted by molar-refractivity contribution is -0.109. The first-order chi connectivity index (χ1) is 6.86. The molecule has 1 aromatic heterocycles. The first-order valence-corrected chi connectivity index (χ1v) is 5.86. The van der Waals surface area contributed by atoms with Gasteiger partial charge in [0.1, 0.15) is 0 Å². The molecule has 14 heavy (non-hydrogen) atoms. The predicted octanol–water partition coefficient (Wildman–Crippen LogP) is 2.15. The molecule has 0 aliphatic carbocycles. The Labute approximate surface area is 88.1 Å². The molecule has 1 aliphatic heterocycles. The zero-order valence-corrected chi connectivity index (χ0v) is 9.18. The topological polar surface area (TPSA) is 31.4 Å². The van der Waals surface area contributed by atoms with E-state index in [2.05, 4.69) is 4.98 Å². The molecule has 0 spiro atoms. The van der Waals surface area contributed by atoms with Gasteiger partial charge in [-0.15, -0.1) is 11.3 Å². The molecule has 0 bridgehead atoms. The molecular formula is C10H15NO2S. The number of rotatable bonds is 4.